The van der Waals surface area contributed by atoms with Gasteiger partial charge in [0, 0.05) is 25.3 Å². The van der Waals surface area contributed by atoms with Crippen LogP contribution in [0.25, 0.3) is 0 Å². The van der Waals surface area contributed by atoms with Crippen LogP contribution < -0.4 is 11.1 Å². The summed E-state index contributed by atoms with van der Waals surface area (Å²) >= 11 is 0. The minimum atomic E-state index is -0.188. The Morgan fingerprint density at radius 3 is 2.75 bits per heavy atom. The second kappa shape index (κ2) is 7.89. The van der Waals surface area contributed by atoms with Crippen molar-refractivity contribution in [1.82, 2.24) is 20.0 Å². The third kappa shape index (κ3) is 4.85. The molecule has 0 aliphatic heterocycles. The van der Waals surface area contributed by atoms with Crippen LogP contribution in [0.2, 0.25) is 0 Å². The number of nitrogens with one attached hydrogen (secondary N) is 1. The molecule has 0 aromatic carbocycles. The first-order valence-electron chi connectivity index (χ1n) is 7.27. The predicted molar refractivity (Wildman–Crippen MR) is 81.6 cm³/mol. The van der Waals surface area contributed by atoms with E-state index in [0.29, 0.717) is 30.5 Å². The van der Waals surface area contributed by atoms with E-state index in [1.807, 2.05) is 6.92 Å². The number of aromatic nitrogens is 2. The van der Waals surface area contributed by atoms with Crippen molar-refractivity contribution >= 4 is 11.6 Å². The van der Waals surface area contributed by atoms with Gasteiger partial charge in [-0.2, -0.15) is 5.10 Å². The smallest absolute Gasteiger partial charge is 0.273 e. The average molecular weight is 281 g/mol. The largest absolute Gasteiger partial charge is 0.396 e. The van der Waals surface area contributed by atoms with Crippen molar-refractivity contribution in [2.24, 2.45) is 0 Å². The third-order valence-electron chi connectivity index (χ3n) is 3.43. The van der Waals surface area contributed by atoms with Crippen LogP contribution >= 0.6 is 0 Å². The molecule has 0 saturated carbocycles. The lowest BCUT2D eigenvalue weighted by atomic mass is 10.2. The van der Waals surface area contributed by atoms with E-state index in [1.165, 1.54) is 0 Å². The van der Waals surface area contributed by atoms with Gasteiger partial charge in [-0.15, -0.1) is 0 Å². The molecule has 3 N–H and O–H groups in total. The number of carbonyl (C=O) groups excluding carboxylic acids is 1. The molecular formula is C14H27N5O. The van der Waals surface area contributed by atoms with E-state index in [2.05, 4.69) is 36.2 Å². The number of unbranched alkanes of at least 4 members (excludes halogenated alkanes) is 1. The van der Waals surface area contributed by atoms with Gasteiger partial charge in [0.1, 0.15) is 0 Å². The summed E-state index contributed by atoms with van der Waals surface area (Å²) in [4.78, 5) is 14.2. The molecule has 114 valence electrons. The number of nitrogens with two attached hydrogens (primary N) is 1. The van der Waals surface area contributed by atoms with Crippen molar-refractivity contribution < 1.29 is 4.79 Å². The maximum Gasteiger partial charge on any atom is 0.273 e. The zero-order chi connectivity index (χ0) is 15.1. The van der Waals surface area contributed by atoms with E-state index in [0.717, 1.165) is 19.4 Å². The molecule has 0 bridgehead atoms. The second-order valence-corrected chi connectivity index (χ2v) is 5.33. The topological polar surface area (TPSA) is 76.2 Å². The van der Waals surface area contributed by atoms with E-state index >= 15 is 0 Å². The molecule has 1 aromatic heterocycles. The first kappa shape index (κ1) is 16.5. The SMILES string of the molecule is CCn1cc(N)c(C(=O)NCCCCN(C)C(C)C)n1. The Bertz CT molecular complexity index is 427. The van der Waals surface area contributed by atoms with Crippen molar-refractivity contribution in [3.8, 4) is 0 Å². The first-order chi connectivity index (χ1) is 9.45. The van der Waals surface area contributed by atoms with Gasteiger partial charge in [-0.3, -0.25) is 9.48 Å². The van der Waals surface area contributed by atoms with Crippen LogP contribution in [0.15, 0.2) is 6.20 Å². The summed E-state index contributed by atoms with van der Waals surface area (Å²) in [5.74, 6) is -0.188. The average Bonchev–Trinajstić information content (AvgIpc) is 2.79. The molecule has 20 heavy (non-hydrogen) atoms. The highest BCUT2D eigenvalue weighted by atomic mass is 16.1. The lowest BCUT2D eigenvalue weighted by molar-refractivity contribution is 0.0947. The number of nitrogen functional groups attached to an aromatic ring is 1. The molecule has 6 nitrogen and oxygen atoms in total. The van der Waals surface area contributed by atoms with Crippen molar-refractivity contribution in [2.75, 3.05) is 25.9 Å². The number of nitrogens with zero attached hydrogens (tertiary/aromatic N) is 3. The van der Waals surface area contributed by atoms with Gasteiger partial charge in [0.25, 0.3) is 5.91 Å². The summed E-state index contributed by atoms with van der Waals surface area (Å²) in [6.07, 6.45) is 3.71. The number of aryl methyl sites for hydroxylation is 1. The molecule has 0 aliphatic carbocycles. The fourth-order valence-electron chi connectivity index (χ4n) is 1.81. The van der Waals surface area contributed by atoms with Gasteiger partial charge >= 0.3 is 0 Å². The molecule has 0 radical (unpaired) electrons. The number of hydrogen-bond acceptors (Lipinski definition) is 4. The minimum Gasteiger partial charge on any atom is -0.396 e. The lowest BCUT2D eigenvalue weighted by Gasteiger charge is -2.20. The molecule has 0 saturated heterocycles. The fraction of sp³-hybridized carbons (Fsp3) is 0.714. The van der Waals surface area contributed by atoms with Crippen molar-refractivity contribution in [3.05, 3.63) is 11.9 Å². The highest BCUT2D eigenvalue weighted by molar-refractivity contribution is 5.96. The molecule has 1 amide bonds. The fourth-order valence-corrected chi connectivity index (χ4v) is 1.81. The number of rotatable bonds is 8. The Morgan fingerprint density at radius 1 is 1.50 bits per heavy atom. The summed E-state index contributed by atoms with van der Waals surface area (Å²) in [5.41, 5.74) is 6.53. The standard InChI is InChI=1S/C14H27N5O/c1-5-19-10-12(15)13(17-19)14(20)16-8-6-7-9-18(4)11(2)3/h10-11H,5-9,15H2,1-4H3,(H,16,20). The zero-order valence-electron chi connectivity index (χ0n) is 13.0. The molecule has 1 heterocycles. The lowest BCUT2D eigenvalue weighted by Crippen LogP contribution is -2.29. The van der Waals surface area contributed by atoms with Crippen LogP contribution in [-0.4, -0.2) is 46.8 Å². The summed E-state index contributed by atoms with van der Waals surface area (Å²) < 4.78 is 1.67. The predicted octanol–water partition coefficient (Wildman–Crippen LogP) is 1.34. The molecule has 1 rings (SSSR count). The van der Waals surface area contributed by atoms with Crippen LogP contribution in [0.5, 0.6) is 0 Å². The minimum absolute atomic E-state index is 0.188. The summed E-state index contributed by atoms with van der Waals surface area (Å²) in [6, 6.07) is 0.558. The second-order valence-electron chi connectivity index (χ2n) is 5.33. The van der Waals surface area contributed by atoms with Gasteiger partial charge in [0.15, 0.2) is 5.69 Å². The Labute approximate surface area is 121 Å². The third-order valence-corrected chi connectivity index (χ3v) is 3.43. The molecule has 6 heteroatoms. The Kier molecular flexibility index (Phi) is 6.51. The van der Waals surface area contributed by atoms with Crippen molar-refractivity contribution in [2.45, 2.75) is 46.2 Å². The highest BCUT2D eigenvalue weighted by Gasteiger charge is 2.13. The Balaban J connectivity index is 2.28. The van der Waals surface area contributed by atoms with Crippen LogP contribution in [0.1, 0.15) is 44.1 Å². The summed E-state index contributed by atoms with van der Waals surface area (Å²) in [5, 5.41) is 7.02. The number of amides is 1. The van der Waals surface area contributed by atoms with Crippen LogP contribution in [-0.2, 0) is 6.54 Å². The van der Waals surface area contributed by atoms with Crippen molar-refractivity contribution in [1.29, 1.82) is 0 Å². The first-order valence-corrected chi connectivity index (χ1v) is 7.27. The highest BCUT2D eigenvalue weighted by Crippen LogP contribution is 2.08. The molecule has 0 unspecified atom stereocenters. The zero-order valence-corrected chi connectivity index (χ0v) is 13.0. The number of hydrogen-bond donors (Lipinski definition) is 2. The normalized spacial score (nSPS) is 11.3. The van der Waals surface area contributed by atoms with Gasteiger partial charge in [-0.25, -0.2) is 0 Å². The molecule has 0 atom stereocenters. The van der Waals surface area contributed by atoms with E-state index in [-0.39, 0.29) is 5.91 Å². The Morgan fingerprint density at radius 2 is 2.20 bits per heavy atom. The van der Waals surface area contributed by atoms with E-state index in [4.69, 9.17) is 5.73 Å². The molecule has 0 spiro atoms. The van der Waals surface area contributed by atoms with Gasteiger partial charge in [-0.1, -0.05) is 0 Å². The molecule has 0 aliphatic rings. The van der Waals surface area contributed by atoms with Crippen LogP contribution in [0, 0.1) is 0 Å². The van der Waals surface area contributed by atoms with Crippen LogP contribution in [0.3, 0.4) is 0 Å². The number of carbonyl (C=O) groups is 1. The molecular weight excluding hydrogens is 254 g/mol. The maximum absolute atomic E-state index is 11.9. The van der Waals surface area contributed by atoms with E-state index in [9.17, 15) is 4.79 Å². The van der Waals surface area contributed by atoms with Gasteiger partial charge < -0.3 is 16.0 Å². The van der Waals surface area contributed by atoms with Gasteiger partial charge in [0.2, 0.25) is 0 Å². The van der Waals surface area contributed by atoms with Crippen molar-refractivity contribution in [3.63, 3.8) is 0 Å². The number of anilines is 1. The maximum atomic E-state index is 11.9. The Hall–Kier alpha value is -1.56. The monoisotopic (exact) mass is 281 g/mol. The van der Waals surface area contributed by atoms with Crippen LogP contribution in [0.4, 0.5) is 5.69 Å². The summed E-state index contributed by atoms with van der Waals surface area (Å²) in [7, 11) is 2.11. The molecule has 0 fully saturated rings. The molecule has 1 aromatic rings. The van der Waals surface area contributed by atoms with E-state index in [1.54, 1.807) is 10.9 Å². The van der Waals surface area contributed by atoms with Gasteiger partial charge in [0.05, 0.1) is 5.69 Å². The van der Waals surface area contributed by atoms with Gasteiger partial charge in [-0.05, 0) is 47.2 Å². The van der Waals surface area contributed by atoms with E-state index < -0.39 is 0 Å². The summed E-state index contributed by atoms with van der Waals surface area (Å²) in [6.45, 7) is 8.71. The quantitative estimate of drug-likeness (QED) is 0.705.